The zero-order valence-electron chi connectivity index (χ0n) is 9.43. The lowest BCUT2D eigenvalue weighted by atomic mass is 9.85. The molecule has 1 radical (unpaired) electrons. The first kappa shape index (κ1) is 11.1. The summed E-state index contributed by atoms with van der Waals surface area (Å²) in [6.07, 6.45) is 7.44. The Bertz CT molecular complexity index is 318. The fraction of sp³-hybridized carbons (Fsp3) is 0.727. The van der Waals surface area contributed by atoms with Crippen molar-refractivity contribution in [1.82, 2.24) is 15.0 Å². The van der Waals surface area contributed by atoms with Crippen LogP contribution in [0, 0.1) is 6.33 Å². The number of amides is 1. The largest absolute Gasteiger partial charge is 0.343 e. The molecular weight excluding hydrogens is 206 g/mol. The van der Waals surface area contributed by atoms with Crippen molar-refractivity contribution < 1.29 is 9.32 Å². The molecule has 1 amide bonds. The van der Waals surface area contributed by atoms with Crippen molar-refractivity contribution in [3.05, 3.63) is 12.2 Å². The highest BCUT2D eigenvalue weighted by Crippen LogP contribution is 2.33. The first-order valence-corrected chi connectivity index (χ1v) is 5.75. The molecule has 5 nitrogen and oxygen atoms in total. The van der Waals surface area contributed by atoms with E-state index >= 15 is 0 Å². The molecule has 1 aliphatic carbocycles. The molecule has 1 aromatic rings. The van der Waals surface area contributed by atoms with Gasteiger partial charge in [-0.2, -0.15) is 4.98 Å². The van der Waals surface area contributed by atoms with Gasteiger partial charge in [-0.05, 0) is 32.6 Å². The van der Waals surface area contributed by atoms with E-state index < -0.39 is 0 Å². The van der Waals surface area contributed by atoms with Crippen LogP contribution in [0.25, 0.3) is 0 Å². The van der Waals surface area contributed by atoms with Crippen LogP contribution in [0.5, 0.6) is 0 Å². The lowest BCUT2D eigenvalue weighted by molar-refractivity contribution is -0.120. The Morgan fingerprint density at radius 1 is 1.50 bits per heavy atom. The molecule has 0 atom stereocenters. The number of nitrogens with zero attached hydrogens (tertiary/aromatic N) is 3. The maximum Gasteiger partial charge on any atom is 0.243 e. The first-order chi connectivity index (χ1) is 7.85. The molecule has 87 valence electrons. The number of carbonyl (C=O) groups excluding carboxylic acids is 1. The third-order valence-electron chi connectivity index (χ3n) is 3.36. The summed E-state index contributed by atoms with van der Waals surface area (Å²) in [5, 5.41) is 3.51. The molecule has 0 aromatic carbocycles. The predicted molar refractivity (Wildman–Crippen MR) is 56.6 cm³/mol. The van der Waals surface area contributed by atoms with Crippen LogP contribution in [0.3, 0.4) is 0 Å². The molecule has 0 saturated heterocycles. The normalized spacial score (nSPS) is 25.3. The van der Waals surface area contributed by atoms with Gasteiger partial charge >= 0.3 is 0 Å². The fourth-order valence-electron chi connectivity index (χ4n) is 2.40. The van der Waals surface area contributed by atoms with Gasteiger partial charge < -0.3 is 9.42 Å². The molecule has 0 unspecified atom stereocenters. The van der Waals surface area contributed by atoms with Crippen LogP contribution < -0.4 is 0 Å². The summed E-state index contributed by atoms with van der Waals surface area (Å²) < 4.78 is 5.02. The van der Waals surface area contributed by atoms with Gasteiger partial charge in [-0.1, -0.05) is 5.16 Å². The van der Waals surface area contributed by atoms with Gasteiger partial charge in [0.2, 0.25) is 18.6 Å². The number of hydrogen-bond donors (Lipinski definition) is 0. The smallest absolute Gasteiger partial charge is 0.243 e. The van der Waals surface area contributed by atoms with E-state index in [2.05, 4.69) is 16.5 Å². The summed E-state index contributed by atoms with van der Waals surface area (Å²) in [6, 6.07) is 0.380. The molecule has 0 spiro atoms. The van der Waals surface area contributed by atoms with Crippen LogP contribution in [0.2, 0.25) is 0 Å². The van der Waals surface area contributed by atoms with Crippen molar-refractivity contribution in [3.8, 4) is 0 Å². The number of aromatic nitrogens is 2. The van der Waals surface area contributed by atoms with E-state index in [-0.39, 0.29) is 0 Å². The van der Waals surface area contributed by atoms with E-state index in [1.807, 2.05) is 11.8 Å². The number of hydrogen-bond acceptors (Lipinski definition) is 4. The lowest BCUT2D eigenvalue weighted by Crippen LogP contribution is -2.36. The second kappa shape index (κ2) is 5.09. The second-order valence-corrected chi connectivity index (χ2v) is 4.17. The third kappa shape index (κ3) is 2.23. The fourth-order valence-corrected chi connectivity index (χ4v) is 2.40. The maximum atomic E-state index is 10.8. The Kier molecular flexibility index (Phi) is 3.54. The van der Waals surface area contributed by atoms with E-state index in [9.17, 15) is 4.79 Å². The van der Waals surface area contributed by atoms with Crippen LogP contribution >= 0.6 is 0 Å². The Morgan fingerprint density at radius 3 is 2.75 bits per heavy atom. The molecule has 2 rings (SSSR count). The van der Waals surface area contributed by atoms with Crippen molar-refractivity contribution in [2.45, 2.75) is 44.6 Å². The van der Waals surface area contributed by atoms with E-state index in [4.69, 9.17) is 4.52 Å². The highest BCUT2D eigenvalue weighted by atomic mass is 16.5. The highest BCUT2D eigenvalue weighted by Gasteiger charge is 2.27. The SMILES string of the molecule is CCN(C=O)C1CCC(c2n[c]no2)CC1. The quantitative estimate of drug-likeness (QED) is 0.722. The van der Waals surface area contributed by atoms with Crippen molar-refractivity contribution in [2.75, 3.05) is 6.54 Å². The molecule has 1 heterocycles. The summed E-state index contributed by atoms with van der Waals surface area (Å²) in [7, 11) is 0. The van der Waals surface area contributed by atoms with Crippen LogP contribution in [-0.2, 0) is 4.79 Å². The first-order valence-electron chi connectivity index (χ1n) is 5.75. The summed E-state index contributed by atoms with van der Waals surface area (Å²) in [4.78, 5) is 16.7. The Balaban J connectivity index is 1.89. The van der Waals surface area contributed by atoms with Crippen LogP contribution in [-0.4, -0.2) is 34.0 Å². The number of rotatable bonds is 4. The summed E-state index contributed by atoms with van der Waals surface area (Å²) in [6.45, 7) is 2.79. The summed E-state index contributed by atoms with van der Waals surface area (Å²) in [5.41, 5.74) is 0. The van der Waals surface area contributed by atoms with Crippen molar-refractivity contribution in [3.63, 3.8) is 0 Å². The molecule has 0 aliphatic heterocycles. The Labute approximate surface area is 94.8 Å². The Hall–Kier alpha value is -1.39. The van der Waals surface area contributed by atoms with Gasteiger partial charge in [0.15, 0.2) is 0 Å². The minimum absolute atomic E-state index is 0.348. The van der Waals surface area contributed by atoms with E-state index in [0.717, 1.165) is 38.6 Å². The maximum absolute atomic E-state index is 10.8. The van der Waals surface area contributed by atoms with Gasteiger partial charge in [-0.3, -0.25) is 4.79 Å². The predicted octanol–water partition coefficient (Wildman–Crippen LogP) is 1.37. The zero-order chi connectivity index (χ0) is 11.4. The molecule has 1 aliphatic rings. The Morgan fingerprint density at radius 2 is 2.25 bits per heavy atom. The van der Waals surface area contributed by atoms with Crippen LogP contribution in [0.15, 0.2) is 4.52 Å². The highest BCUT2D eigenvalue weighted by molar-refractivity contribution is 5.47. The van der Waals surface area contributed by atoms with Crippen molar-refractivity contribution in [1.29, 1.82) is 0 Å². The minimum atomic E-state index is 0.348. The topological polar surface area (TPSA) is 59.2 Å². The monoisotopic (exact) mass is 222 g/mol. The standard InChI is InChI=1S/C11H16N3O2/c1-2-14(8-15)10-5-3-9(4-6-10)11-12-7-13-16-11/h8-10H,2-6H2,1H3. The van der Waals surface area contributed by atoms with E-state index in [1.165, 1.54) is 0 Å². The minimum Gasteiger partial charge on any atom is -0.343 e. The molecule has 0 bridgehead atoms. The van der Waals surface area contributed by atoms with Gasteiger partial charge in [-0.25, -0.2) is 0 Å². The van der Waals surface area contributed by atoms with Crippen molar-refractivity contribution in [2.24, 2.45) is 0 Å². The molecule has 1 saturated carbocycles. The van der Waals surface area contributed by atoms with Crippen LogP contribution in [0.4, 0.5) is 0 Å². The van der Waals surface area contributed by atoms with Gasteiger partial charge in [0.25, 0.3) is 0 Å². The molecule has 5 heteroatoms. The third-order valence-corrected chi connectivity index (χ3v) is 3.36. The molecule has 0 N–H and O–H groups in total. The number of carbonyl (C=O) groups is 1. The van der Waals surface area contributed by atoms with Gasteiger partial charge in [0.05, 0.1) is 0 Å². The van der Waals surface area contributed by atoms with Gasteiger partial charge in [-0.15, -0.1) is 0 Å². The lowest BCUT2D eigenvalue weighted by Gasteiger charge is -2.32. The molecule has 1 fully saturated rings. The average Bonchev–Trinajstić information content (AvgIpc) is 2.85. The zero-order valence-corrected chi connectivity index (χ0v) is 9.43. The average molecular weight is 222 g/mol. The molecule has 1 aromatic heterocycles. The van der Waals surface area contributed by atoms with Gasteiger partial charge in [0.1, 0.15) is 0 Å². The molecule has 16 heavy (non-hydrogen) atoms. The van der Waals surface area contributed by atoms with Crippen molar-refractivity contribution >= 4 is 6.41 Å². The van der Waals surface area contributed by atoms with Gasteiger partial charge in [0, 0.05) is 18.5 Å². The second-order valence-electron chi connectivity index (χ2n) is 4.17. The molecular formula is C11H16N3O2. The van der Waals surface area contributed by atoms with Crippen LogP contribution in [0.1, 0.15) is 44.4 Å². The summed E-state index contributed by atoms with van der Waals surface area (Å²) in [5.74, 6) is 1.04. The van der Waals surface area contributed by atoms with E-state index in [1.54, 1.807) is 0 Å². The van der Waals surface area contributed by atoms with E-state index in [0.29, 0.717) is 17.9 Å². The summed E-state index contributed by atoms with van der Waals surface area (Å²) >= 11 is 0.